The van der Waals surface area contributed by atoms with Gasteiger partial charge in [-0.2, -0.15) is 0 Å². The van der Waals surface area contributed by atoms with Crippen LogP contribution in [-0.2, 0) is 52.3 Å². The highest BCUT2D eigenvalue weighted by molar-refractivity contribution is 7.80. The molecule has 0 unspecified atom stereocenters. The first kappa shape index (κ1) is 165. The smallest absolute Gasteiger partial charge is 0.469 e. The lowest BCUT2D eigenvalue weighted by atomic mass is 10.5. The van der Waals surface area contributed by atoms with Gasteiger partial charge in [-0.3, -0.25) is 29.2 Å². The minimum Gasteiger partial charge on any atom is -0.469 e. The molecule has 27 heteroatoms. The van der Waals surface area contributed by atoms with E-state index in [2.05, 4.69) is 43.1 Å². The van der Waals surface area contributed by atoms with Gasteiger partial charge in [-0.05, 0) is 61.1 Å². The first-order chi connectivity index (χ1) is 33.8. The van der Waals surface area contributed by atoms with Gasteiger partial charge in [-0.1, -0.05) is 89.1 Å². The van der Waals surface area contributed by atoms with Crippen LogP contribution in [-0.4, -0.2) is 314 Å². The zero-order valence-electron chi connectivity index (χ0n) is 54.0. The Balaban J connectivity index is -0.0000000207. The van der Waals surface area contributed by atoms with E-state index in [9.17, 15) is 38.4 Å². The molecule has 0 rings (SSSR count). The van der Waals surface area contributed by atoms with Crippen molar-refractivity contribution in [2.45, 2.75) is 145 Å². The highest BCUT2D eigenvalue weighted by Crippen LogP contribution is 1.85. The first-order valence-electron chi connectivity index (χ1n) is 22.0. The summed E-state index contributed by atoms with van der Waals surface area (Å²) in [5, 5.41) is 0.852. The van der Waals surface area contributed by atoms with Gasteiger partial charge in [0.2, 0.25) is 11.8 Å². The van der Waals surface area contributed by atoms with Gasteiger partial charge in [0.1, 0.15) is 0 Å². The standard InChI is InChI=1S/C5H12N2O.C5H12N2S.2C4H9NO2.2C4H9NO.2C4H9N.C3H9N.C3H6O3.2C3H6O2.C2H6O.12CH4/c2*1-6(2)5(8)7(3)4;2*1-5(2)4(6)7-3;2*1-4(6)5(2)3;2*1-4(2)5-3;1-4(2)3;1-5-3(4)6-2;2*1-3(4)5-2;1-3-2;;;;;;;;;;;;/h2*1-4H3;2*1-3H3;2*1-3H3;2*1-3H3;1-3H3;1-2H3;2*1-2H3;1-2H3;12*1H4. The molecule has 0 aliphatic rings. The molecule has 0 heterocycles. The third-order valence-corrected chi connectivity index (χ3v) is 6.40. The molecule has 0 aromatic rings. The van der Waals surface area contributed by atoms with Gasteiger partial charge in [0.25, 0.3) is 0 Å². The SMILES string of the molecule is C.C.C.C.C.C.C.C.C.C.C.C.CC(=O)N(C)C.CC(=O)N(C)C.CN(C)C.CN(C)C(=O)N(C)C.CN(C)C(=S)N(C)C.CN=C(C)C.CN=C(C)C.COC.COC(=O)N(C)C.COC(=O)N(C)C.COC(=O)OC.COC(C)=O.COC(C)=O. The number of thiocarbonyl (C=S) groups is 1. The minimum atomic E-state index is -0.657. The van der Waals surface area contributed by atoms with Crippen LogP contribution in [0.1, 0.15) is 145 Å². The molecule has 0 radical (unpaired) electrons. The van der Waals surface area contributed by atoms with Gasteiger partial charge in [0, 0.05) is 180 Å². The third kappa shape index (κ3) is 276. The van der Waals surface area contributed by atoms with Crippen molar-refractivity contribution in [3.05, 3.63) is 0 Å². The highest BCUT2D eigenvalue weighted by Gasteiger charge is 2.03. The lowest BCUT2D eigenvalue weighted by Gasteiger charge is -2.20. The molecular formula is C60H159N11O15S. The summed E-state index contributed by atoms with van der Waals surface area (Å²) >= 11 is 4.95. The molecule has 0 aromatic carbocycles. The van der Waals surface area contributed by atoms with Crippen LogP contribution in [0.15, 0.2) is 9.98 Å². The zero-order valence-corrected chi connectivity index (χ0v) is 54.8. The van der Waals surface area contributed by atoms with E-state index in [-0.39, 0.29) is 131 Å². The van der Waals surface area contributed by atoms with Crippen LogP contribution in [0, 0.1) is 0 Å². The fraction of sp³-hybridized carbons (Fsp3) is 0.817. The summed E-state index contributed by atoms with van der Waals surface area (Å²) in [5.41, 5.74) is 2.26. The van der Waals surface area contributed by atoms with Gasteiger partial charge < -0.3 is 77.3 Å². The van der Waals surface area contributed by atoms with Crippen LogP contribution in [0.5, 0.6) is 0 Å². The number of carbonyl (C=O) groups excluding carboxylic acids is 8. The molecular weight excluding hydrogens is 1150 g/mol. The molecule has 0 fully saturated rings. The van der Waals surface area contributed by atoms with Crippen LogP contribution in [0.4, 0.5) is 19.2 Å². The minimum absolute atomic E-state index is 0. The molecule has 0 aromatic heterocycles. The zero-order chi connectivity index (χ0) is 63.9. The number of hydrogen-bond acceptors (Lipinski definition) is 19. The van der Waals surface area contributed by atoms with Crippen LogP contribution in [0.3, 0.4) is 0 Å². The van der Waals surface area contributed by atoms with Crippen molar-refractivity contribution in [3.63, 3.8) is 0 Å². The maximum Gasteiger partial charge on any atom is 0.507 e. The highest BCUT2D eigenvalue weighted by atomic mass is 32.1. The van der Waals surface area contributed by atoms with E-state index in [1.165, 1.54) is 99.8 Å². The molecule has 87 heavy (non-hydrogen) atoms. The first-order valence-corrected chi connectivity index (χ1v) is 22.4. The number of carbonyl (C=O) groups is 8. The average Bonchev–Trinajstić information content (AvgIpc) is 3.31. The summed E-state index contributed by atoms with van der Waals surface area (Å²) in [4.78, 5) is 102. The van der Waals surface area contributed by atoms with E-state index in [1.54, 1.807) is 113 Å². The van der Waals surface area contributed by atoms with Gasteiger partial charge in [-0.15, -0.1) is 0 Å². The Labute approximate surface area is 549 Å². The number of hydrogen-bond donors (Lipinski definition) is 0. The van der Waals surface area contributed by atoms with Crippen molar-refractivity contribution in [3.8, 4) is 0 Å². The van der Waals surface area contributed by atoms with Crippen molar-refractivity contribution >= 4 is 76.9 Å². The topological polar surface area (TPSA) is 255 Å². The summed E-state index contributed by atoms with van der Waals surface area (Å²) in [6.07, 6.45) is -1.30. The Morgan fingerprint density at radius 2 is 0.437 bits per heavy atom. The molecule has 0 aliphatic heterocycles. The number of ether oxygens (including phenoxy) is 7. The third-order valence-electron chi connectivity index (χ3n) is 5.67. The summed E-state index contributed by atoms with van der Waals surface area (Å²) in [7, 11) is 48.8. The number of nitrogens with zero attached hydrogens (tertiary/aromatic N) is 11. The second-order valence-electron chi connectivity index (χ2n) is 15.8. The quantitative estimate of drug-likeness (QED) is 0.0945. The molecule has 0 saturated carbocycles. The Morgan fingerprint density at radius 1 is 0.299 bits per heavy atom. The predicted molar refractivity (Wildman–Crippen MR) is 391 cm³/mol. The second-order valence-corrected chi connectivity index (χ2v) is 16.2. The molecule has 0 saturated heterocycles. The Morgan fingerprint density at radius 3 is 0.437 bits per heavy atom. The van der Waals surface area contributed by atoms with Gasteiger partial charge >= 0.3 is 36.3 Å². The summed E-state index contributed by atoms with van der Waals surface area (Å²) in [6, 6.07) is 0.0185. The molecule has 0 N–H and O–H groups in total. The summed E-state index contributed by atoms with van der Waals surface area (Å²) in [6.45, 7) is 13.7. The molecule has 26 nitrogen and oxygen atoms in total. The number of urea groups is 1. The van der Waals surface area contributed by atoms with Gasteiger partial charge in [0.05, 0.1) is 42.7 Å². The van der Waals surface area contributed by atoms with Gasteiger partial charge in [-0.25, -0.2) is 19.2 Å². The number of methoxy groups -OCH3 is 7. The maximum absolute atomic E-state index is 10.7. The molecule has 550 valence electrons. The average molecular weight is 1310 g/mol. The van der Waals surface area contributed by atoms with Crippen molar-refractivity contribution in [1.82, 2.24) is 44.1 Å². The van der Waals surface area contributed by atoms with Crippen LogP contribution in [0.2, 0.25) is 0 Å². The summed E-state index contributed by atoms with van der Waals surface area (Å²) in [5.74, 6) is -0.306. The molecule has 0 aliphatic carbocycles. The molecule has 6 amide bonds. The molecule has 0 bridgehead atoms. The largest absolute Gasteiger partial charge is 0.507 e. The van der Waals surface area contributed by atoms with Crippen molar-refractivity contribution in [1.29, 1.82) is 0 Å². The van der Waals surface area contributed by atoms with E-state index in [0.29, 0.717) is 0 Å². The monoisotopic (exact) mass is 1310 g/mol. The lowest BCUT2D eigenvalue weighted by Crippen LogP contribution is -2.33. The number of aliphatic imine (C=N–C) groups is 2. The normalized spacial score (nSPS) is 6.60. The fourth-order valence-electron chi connectivity index (χ4n) is 1.25. The number of esters is 2. The maximum atomic E-state index is 10.7. The fourth-order valence-corrected chi connectivity index (χ4v) is 1.25. The van der Waals surface area contributed by atoms with Gasteiger partial charge in [0.15, 0.2) is 5.11 Å². The van der Waals surface area contributed by atoms with E-state index in [1.807, 2.05) is 91.7 Å². The number of amides is 6. The lowest BCUT2D eigenvalue weighted by molar-refractivity contribution is -0.138. The molecule has 0 atom stereocenters. The van der Waals surface area contributed by atoms with Crippen LogP contribution < -0.4 is 0 Å². The predicted octanol–water partition coefficient (Wildman–Crippen LogP) is 12.5. The van der Waals surface area contributed by atoms with E-state index in [4.69, 9.17) is 12.2 Å². The van der Waals surface area contributed by atoms with E-state index < -0.39 is 6.16 Å². The van der Waals surface area contributed by atoms with Crippen LogP contribution >= 0.6 is 12.2 Å². The van der Waals surface area contributed by atoms with E-state index >= 15 is 0 Å². The van der Waals surface area contributed by atoms with Crippen LogP contribution in [0.25, 0.3) is 0 Å². The Bertz CT molecular complexity index is 1310. The Hall–Kier alpha value is -6.09. The van der Waals surface area contributed by atoms with E-state index in [0.717, 1.165) is 16.5 Å². The summed E-state index contributed by atoms with van der Waals surface area (Å²) < 4.78 is 29.1. The van der Waals surface area contributed by atoms with Crippen molar-refractivity contribution in [2.24, 2.45) is 9.98 Å². The van der Waals surface area contributed by atoms with Crippen molar-refractivity contribution < 1.29 is 71.5 Å². The second kappa shape index (κ2) is 126. The van der Waals surface area contributed by atoms with Crippen molar-refractivity contribution in [2.75, 3.05) is 205 Å². The molecule has 0 spiro atoms. The Kier molecular flexibility index (Phi) is 239. The number of rotatable bonds is 0.